The highest BCUT2D eigenvalue weighted by Gasteiger charge is 2.10. The van der Waals surface area contributed by atoms with Crippen LogP contribution >= 0.6 is 11.6 Å². The minimum absolute atomic E-state index is 0.173. The average Bonchev–Trinajstić information content (AvgIpc) is 3.00. The Hall–Kier alpha value is -2.86. The molecule has 128 valence electrons. The predicted molar refractivity (Wildman–Crippen MR) is 96.6 cm³/mol. The summed E-state index contributed by atoms with van der Waals surface area (Å²) in [5.41, 5.74) is 2.65. The number of aromatic nitrogens is 2. The lowest BCUT2D eigenvalue weighted by atomic mass is 10.2. The SMILES string of the molecule is Cc1ccc(NC(=O)Nc2cnn(Cc3c(F)cccc3Cl)c2)cc1. The first-order valence-electron chi connectivity index (χ1n) is 7.61. The number of hydrogen-bond acceptors (Lipinski definition) is 2. The number of rotatable bonds is 4. The lowest BCUT2D eigenvalue weighted by Crippen LogP contribution is -2.19. The van der Waals surface area contributed by atoms with E-state index in [4.69, 9.17) is 11.6 Å². The highest BCUT2D eigenvalue weighted by atomic mass is 35.5. The summed E-state index contributed by atoms with van der Waals surface area (Å²) >= 11 is 6.01. The maximum absolute atomic E-state index is 13.8. The van der Waals surface area contributed by atoms with Crippen LogP contribution in [-0.4, -0.2) is 15.8 Å². The molecule has 0 aliphatic carbocycles. The second-order valence-corrected chi connectivity index (χ2v) is 5.98. The molecule has 0 aliphatic rings. The van der Waals surface area contributed by atoms with Crippen LogP contribution in [0, 0.1) is 12.7 Å². The van der Waals surface area contributed by atoms with Gasteiger partial charge in [0.15, 0.2) is 0 Å². The summed E-state index contributed by atoms with van der Waals surface area (Å²) in [5, 5.41) is 9.86. The number of anilines is 2. The zero-order valence-corrected chi connectivity index (χ0v) is 14.2. The topological polar surface area (TPSA) is 59.0 Å². The molecular weight excluding hydrogens is 343 g/mol. The monoisotopic (exact) mass is 358 g/mol. The third-order valence-corrected chi connectivity index (χ3v) is 3.94. The lowest BCUT2D eigenvalue weighted by molar-refractivity contribution is 0.262. The van der Waals surface area contributed by atoms with Crippen LogP contribution in [0.2, 0.25) is 5.02 Å². The Morgan fingerprint density at radius 2 is 1.88 bits per heavy atom. The molecule has 0 bridgehead atoms. The molecule has 0 saturated carbocycles. The fraction of sp³-hybridized carbons (Fsp3) is 0.111. The minimum Gasteiger partial charge on any atom is -0.308 e. The molecule has 5 nitrogen and oxygen atoms in total. The molecule has 1 aromatic heterocycles. The van der Waals surface area contributed by atoms with Crippen molar-refractivity contribution in [2.75, 3.05) is 10.6 Å². The van der Waals surface area contributed by atoms with Gasteiger partial charge in [-0.1, -0.05) is 35.4 Å². The molecule has 0 spiro atoms. The van der Waals surface area contributed by atoms with Crippen LogP contribution in [0.1, 0.15) is 11.1 Å². The van der Waals surface area contributed by atoms with Crippen molar-refractivity contribution in [1.82, 2.24) is 9.78 Å². The van der Waals surface area contributed by atoms with Crippen molar-refractivity contribution < 1.29 is 9.18 Å². The number of urea groups is 1. The Morgan fingerprint density at radius 1 is 1.16 bits per heavy atom. The van der Waals surface area contributed by atoms with E-state index in [-0.39, 0.29) is 12.6 Å². The molecule has 0 atom stereocenters. The van der Waals surface area contributed by atoms with Crippen LogP contribution in [0.25, 0.3) is 0 Å². The van der Waals surface area contributed by atoms with Gasteiger partial charge in [0.1, 0.15) is 5.82 Å². The molecule has 0 radical (unpaired) electrons. The number of halogens is 2. The van der Waals surface area contributed by atoms with Crippen molar-refractivity contribution in [2.45, 2.75) is 13.5 Å². The number of nitrogens with one attached hydrogen (secondary N) is 2. The maximum Gasteiger partial charge on any atom is 0.323 e. The number of amides is 2. The molecule has 0 fully saturated rings. The summed E-state index contributed by atoms with van der Waals surface area (Å²) in [6.45, 7) is 2.15. The van der Waals surface area contributed by atoms with Gasteiger partial charge in [0.05, 0.1) is 18.4 Å². The van der Waals surface area contributed by atoms with Gasteiger partial charge in [0, 0.05) is 22.5 Å². The standard InChI is InChI=1S/C18H16ClFN4O/c1-12-5-7-13(8-6-12)22-18(25)23-14-9-21-24(10-14)11-15-16(19)3-2-4-17(15)20/h2-10H,11H2,1H3,(H2,22,23,25). The predicted octanol–water partition coefficient (Wildman–Crippen LogP) is 4.68. The van der Waals surface area contributed by atoms with Crippen LogP contribution in [0.4, 0.5) is 20.6 Å². The van der Waals surface area contributed by atoms with Crippen LogP contribution in [-0.2, 0) is 6.54 Å². The molecule has 0 aliphatic heterocycles. The van der Waals surface area contributed by atoms with Crippen molar-refractivity contribution in [2.24, 2.45) is 0 Å². The fourth-order valence-electron chi connectivity index (χ4n) is 2.29. The van der Waals surface area contributed by atoms with Gasteiger partial charge in [-0.15, -0.1) is 0 Å². The van der Waals surface area contributed by atoms with Crippen LogP contribution in [0.5, 0.6) is 0 Å². The van der Waals surface area contributed by atoms with Crippen molar-refractivity contribution >= 4 is 29.0 Å². The molecule has 0 saturated heterocycles. The van der Waals surface area contributed by atoms with Gasteiger partial charge in [0.2, 0.25) is 0 Å². The fourth-order valence-corrected chi connectivity index (χ4v) is 2.51. The molecule has 2 aromatic carbocycles. The van der Waals surface area contributed by atoms with Gasteiger partial charge in [-0.25, -0.2) is 9.18 Å². The van der Waals surface area contributed by atoms with E-state index in [1.54, 1.807) is 18.3 Å². The average molecular weight is 359 g/mol. The summed E-state index contributed by atoms with van der Waals surface area (Å²) in [6, 6.07) is 11.6. The van der Waals surface area contributed by atoms with Crippen molar-refractivity contribution in [3.63, 3.8) is 0 Å². The summed E-state index contributed by atoms with van der Waals surface area (Å²) in [5.74, 6) is -0.394. The normalized spacial score (nSPS) is 10.5. The van der Waals surface area contributed by atoms with Crippen LogP contribution < -0.4 is 10.6 Å². The van der Waals surface area contributed by atoms with E-state index in [1.807, 2.05) is 31.2 Å². The van der Waals surface area contributed by atoms with Crippen molar-refractivity contribution in [3.05, 3.63) is 76.8 Å². The van der Waals surface area contributed by atoms with E-state index in [0.717, 1.165) is 5.56 Å². The Bertz CT molecular complexity index is 872. The smallest absolute Gasteiger partial charge is 0.308 e. The summed E-state index contributed by atoms with van der Waals surface area (Å²) in [7, 11) is 0. The van der Waals surface area contributed by atoms with E-state index in [0.29, 0.717) is 22.0 Å². The molecule has 2 amide bonds. The zero-order valence-electron chi connectivity index (χ0n) is 13.5. The summed E-state index contributed by atoms with van der Waals surface area (Å²) in [6.07, 6.45) is 3.10. The third-order valence-electron chi connectivity index (χ3n) is 3.58. The first kappa shape index (κ1) is 17.0. The Labute approximate surface area is 149 Å². The van der Waals surface area contributed by atoms with Gasteiger partial charge in [-0.2, -0.15) is 5.10 Å². The number of carbonyl (C=O) groups excluding carboxylic acids is 1. The molecule has 7 heteroatoms. The second-order valence-electron chi connectivity index (χ2n) is 5.57. The third kappa shape index (κ3) is 4.36. The van der Waals surface area contributed by atoms with Gasteiger partial charge in [-0.3, -0.25) is 4.68 Å². The molecular formula is C18H16ClFN4O. The number of carbonyl (C=O) groups is 1. The summed E-state index contributed by atoms with van der Waals surface area (Å²) < 4.78 is 15.3. The van der Waals surface area contributed by atoms with Gasteiger partial charge >= 0.3 is 6.03 Å². The molecule has 0 unspecified atom stereocenters. The van der Waals surface area contributed by atoms with E-state index in [9.17, 15) is 9.18 Å². The van der Waals surface area contributed by atoms with Crippen LogP contribution in [0.15, 0.2) is 54.9 Å². The molecule has 3 rings (SSSR count). The van der Waals surface area contributed by atoms with E-state index >= 15 is 0 Å². The molecule has 1 heterocycles. The minimum atomic E-state index is -0.394. The zero-order chi connectivity index (χ0) is 17.8. The first-order chi connectivity index (χ1) is 12.0. The molecule has 25 heavy (non-hydrogen) atoms. The number of aryl methyl sites for hydroxylation is 1. The van der Waals surface area contributed by atoms with E-state index < -0.39 is 5.82 Å². The van der Waals surface area contributed by atoms with Crippen molar-refractivity contribution in [3.8, 4) is 0 Å². The Kier molecular flexibility index (Phi) is 5.00. The lowest BCUT2D eigenvalue weighted by Gasteiger charge is -2.07. The maximum atomic E-state index is 13.8. The van der Waals surface area contributed by atoms with Gasteiger partial charge in [0.25, 0.3) is 0 Å². The van der Waals surface area contributed by atoms with Gasteiger partial charge < -0.3 is 10.6 Å². The van der Waals surface area contributed by atoms with E-state index in [1.165, 1.54) is 16.9 Å². The number of hydrogen-bond donors (Lipinski definition) is 2. The largest absolute Gasteiger partial charge is 0.323 e. The Balaban J connectivity index is 1.63. The van der Waals surface area contributed by atoms with Crippen molar-refractivity contribution in [1.29, 1.82) is 0 Å². The van der Waals surface area contributed by atoms with E-state index in [2.05, 4.69) is 15.7 Å². The summed E-state index contributed by atoms with van der Waals surface area (Å²) in [4.78, 5) is 12.0. The van der Waals surface area contributed by atoms with Crippen LogP contribution in [0.3, 0.4) is 0 Å². The molecule has 3 aromatic rings. The highest BCUT2D eigenvalue weighted by molar-refractivity contribution is 6.31. The quantitative estimate of drug-likeness (QED) is 0.711. The highest BCUT2D eigenvalue weighted by Crippen LogP contribution is 2.20. The number of benzene rings is 2. The molecule has 2 N–H and O–H groups in total. The number of nitrogens with zero attached hydrogens (tertiary/aromatic N) is 2. The van der Waals surface area contributed by atoms with Gasteiger partial charge in [-0.05, 0) is 31.2 Å². The second kappa shape index (κ2) is 7.36. The first-order valence-corrected chi connectivity index (χ1v) is 7.99. The Morgan fingerprint density at radius 3 is 2.60 bits per heavy atom.